The van der Waals surface area contributed by atoms with Gasteiger partial charge in [-0.25, -0.2) is 17.1 Å². The summed E-state index contributed by atoms with van der Waals surface area (Å²) in [6.45, 7) is 2.54. The van der Waals surface area contributed by atoms with Crippen LogP contribution >= 0.6 is 11.6 Å². The highest BCUT2D eigenvalue weighted by atomic mass is 35.5. The van der Waals surface area contributed by atoms with Crippen molar-refractivity contribution in [1.29, 1.82) is 0 Å². The molecular weight excluding hydrogens is 475 g/mol. The molecule has 1 fully saturated rings. The normalized spacial score (nSPS) is 18.3. The molecule has 4 rings (SSSR count). The molecule has 2 aliphatic rings. The Bertz CT molecular complexity index is 1130. The number of halogens is 2. The predicted molar refractivity (Wildman–Crippen MR) is 133 cm³/mol. The summed E-state index contributed by atoms with van der Waals surface area (Å²) < 4.78 is 41.2. The average Bonchev–Trinajstić information content (AvgIpc) is 2.84. The van der Waals surface area contributed by atoms with E-state index in [9.17, 15) is 17.6 Å². The van der Waals surface area contributed by atoms with Crippen molar-refractivity contribution in [1.82, 2.24) is 9.62 Å². The highest BCUT2D eigenvalue weighted by Gasteiger charge is 2.33. The number of nitrogens with zero attached hydrogens (tertiary/aromatic N) is 1. The lowest BCUT2D eigenvalue weighted by Crippen LogP contribution is -2.44. The number of aryl methyl sites for hydroxylation is 2. The minimum atomic E-state index is -3.73. The van der Waals surface area contributed by atoms with Crippen molar-refractivity contribution >= 4 is 27.5 Å². The molecule has 0 saturated carbocycles. The quantitative estimate of drug-likeness (QED) is 0.563. The highest BCUT2D eigenvalue weighted by Crippen LogP contribution is 2.28. The van der Waals surface area contributed by atoms with Crippen LogP contribution in [-0.2, 0) is 33.4 Å². The number of hydrogen-bond acceptors (Lipinski definition) is 3. The van der Waals surface area contributed by atoms with Crippen molar-refractivity contribution in [2.24, 2.45) is 5.92 Å². The fraction of sp³-hybridized carbons (Fsp3) is 0.500. The number of piperidine rings is 1. The minimum absolute atomic E-state index is 0.0140. The van der Waals surface area contributed by atoms with E-state index in [2.05, 4.69) is 30.4 Å². The van der Waals surface area contributed by atoms with Crippen LogP contribution in [-0.4, -0.2) is 31.7 Å². The number of hydrogen-bond donors (Lipinski definition) is 1. The zero-order valence-corrected chi connectivity index (χ0v) is 21.1. The fourth-order valence-electron chi connectivity index (χ4n) is 5.02. The van der Waals surface area contributed by atoms with Crippen LogP contribution in [0.25, 0.3) is 0 Å². The van der Waals surface area contributed by atoms with Crippen LogP contribution in [0.15, 0.2) is 36.4 Å². The van der Waals surface area contributed by atoms with Gasteiger partial charge in [-0.15, -0.1) is 0 Å². The van der Waals surface area contributed by atoms with Gasteiger partial charge in [0.15, 0.2) is 0 Å². The Kier molecular flexibility index (Phi) is 7.95. The first kappa shape index (κ1) is 25.1. The molecule has 0 unspecified atom stereocenters. The van der Waals surface area contributed by atoms with Gasteiger partial charge in [-0.05, 0) is 73.8 Å². The van der Waals surface area contributed by atoms with Gasteiger partial charge in [0.25, 0.3) is 0 Å². The zero-order valence-electron chi connectivity index (χ0n) is 19.5. The van der Waals surface area contributed by atoms with Crippen molar-refractivity contribution in [2.75, 3.05) is 13.1 Å². The number of nitrogens with one attached hydrogen (secondary N) is 1. The summed E-state index contributed by atoms with van der Waals surface area (Å²) >= 11 is 6.02. The van der Waals surface area contributed by atoms with E-state index >= 15 is 0 Å². The number of fused-ring (bicyclic) bond motifs is 1. The predicted octanol–water partition coefficient (Wildman–Crippen LogP) is 5.17. The van der Waals surface area contributed by atoms with Crippen molar-refractivity contribution in [3.8, 4) is 0 Å². The summed E-state index contributed by atoms with van der Waals surface area (Å²) in [5.74, 6) is -1.38. The van der Waals surface area contributed by atoms with Gasteiger partial charge in [0.1, 0.15) is 5.82 Å². The van der Waals surface area contributed by atoms with Gasteiger partial charge in [-0.2, -0.15) is 0 Å². The number of carbonyl (C=O) groups excluding carboxylic acids is 1. The Hall–Kier alpha value is -1.96. The van der Waals surface area contributed by atoms with Crippen LogP contribution in [0, 0.1) is 11.7 Å². The van der Waals surface area contributed by atoms with Crippen molar-refractivity contribution in [2.45, 2.75) is 63.7 Å². The van der Waals surface area contributed by atoms with Gasteiger partial charge < -0.3 is 5.32 Å². The Morgan fingerprint density at radius 2 is 1.85 bits per heavy atom. The minimum Gasteiger partial charge on any atom is -0.349 e. The van der Waals surface area contributed by atoms with E-state index in [1.807, 2.05) is 0 Å². The van der Waals surface area contributed by atoms with E-state index in [1.54, 1.807) is 0 Å². The van der Waals surface area contributed by atoms with Crippen molar-refractivity contribution < 1.29 is 17.6 Å². The summed E-state index contributed by atoms with van der Waals surface area (Å²) in [6.07, 6.45) is 6.35. The SMILES string of the molecule is CC[C@H](NC(=O)C1CCN(S(=O)(=O)Cc2c(F)cccc2Cl)CC1)c1ccc2c(c1)CCCC2. The van der Waals surface area contributed by atoms with Crippen LogP contribution in [0.1, 0.15) is 67.3 Å². The number of benzene rings is 2. The average molecular weight is 507 g/mol. The standard InChI is InChI=1S/C26H32ClFN2O3S/c1-2-25(21-11-10-18-6-3-4-7-20(18)16-21)29-26(31)19-12-14-30(15-13-19)34(32,33)17-22-23(27)8-5-9-24(22)28/h5,8-11,16,19,25H,2-4,6-7,12-15,17H2,1H3,(H,29,31)/t25-/m0/s1. The molecule has 2 aromatic carbocycles. The summed E-state index contributed by atoms with van der Waals surface area (Å²) in [6, 6.07) is 10.7. The maximum absolute atomic E-state index is 14.1. The van der Waals surface area contributed by atoms with E-state index < -0.39 is 21.6 Å². The second-order valence-corrected chi connectivity index (χ2v) is 11.7. The van der Waals surface area contributed by atoms with Gasteiger partial charge in [0, 0.05) is 29.6 Å². The van der Waals surface area contributed by atoms with E-state index in [4.69, 9.17) is 11.6 Å². The number of carbonyl (C=O) groups is 1. The third kappa shape index (κ3) is 5.64. The molecular formula is C26H32ClFN2O3S. The number of rotatable bonds is 7. The molecule has 0 bridgehead atoms. The molecule has 1 aliphatic heterocycles. The van der Waals surface area contributed by atoms with Crippen LogP contribution in [0.4, 0.5) is 4.39 Å². The van der Waals surface area contributed by atoms with E-state index in [0.29, 0.717) is 12.8 Å². The van der Waals surface area contributed by atoms with Crippen LogP contribution in [0.5, 0.6) is 0 Å². The summed E-state index contributed by atoms with van der Waals surface area (Å²) in [5.41, 5.74) is 3.93. The lowest BCUT2D eigenvalue weighted by molar-refractivity contribution is -0.126. The van der Waals surface area contributed by atoms with Gasteiger partial charge in [0.2, 0.25) is 15.9 Å². The zero-order chi connectivity index (χ0) is 24.3. The molecule has 184 valence electrons. The number of amides is 1. The van der Waals surface area contributed by atoms with Gasteiger partial charge in [-0.3, -0.25) is 4.79 Å². The molecule has 0 radical (unpaired) electrons. The molecule has 1 N–H and O–H groups in total. The van der Waals surface area contributed by atoms with Crippen LogP contribution < -0.4 is 5.32 Å². The molecule has 1 aliphatic carbocycles. The van der Waals surface area contributed by atoms with Crippen molar-refractivity contribution in [3.05, 3.63) is 69.5 Å². The first-order chi connectivity index (χ1) is 16.3. The smallest absolute Gasteiger partial charge is 0.223 e. The lowest BCUT2D eigenvalue weighted by atomic mass is 9.88. The van der Waals surface area contributed by atoms with Gasteiger partial charge >= 0.3 is 0 Å². The molecule has 1 saturated heterocycles. The summed E-state index contributed by atoms with van der Waals surface area (Å²) in [7, 11) is -3.73. The Morgan fingerprint density at radius 3 is 2.53 bits per heavy atom. The fourth-order valence-corrected chi connectivity index (χ4v) is 6.94. The molecule has 34 heavy (non-hydrogen) atoms. The molecule has 1 heterocycles. The topological polar surface area (TPSA) is 66.5 Å². The maximum Gasteiger partial charge on any atom is 0.223 e. The highest BCUT2D eigenvalue weighted by molar-refractivity contribution is 7.88. The van der Waals surface area contributed by atoms with E-state index in [1.165, 1.54) is 46.5 Å². The first-order valence-electron chi connectivity index (χ1n) is 12.1. The van der Waals surface area contributed by atoms with Crippen LogP contribution in [0.3, 0.4) is 0 Å². The molecule has 8 heteroatoms. The maximum atomic E-state index is 14.1. The molecule has 0 spiro atoms. The Labute approximate surface area is 206 Å². The second kappa shape index (κ2) is 10.8. The molecule has 0 aromatic heterocycles. The first-order valence-corrected chi connectivity index (χ1v) is 14.1. The molecule has 1 atom stereocenters. The summed E-state index contributed by atoms with van der Waals surface area (Å²) in [5, 5.41) is 3.30. The number of sulfonamides is 1. The Morgan fingerprint density at radius 1 is 1.15 bits per heavy atom. The van der Waals surface area contributed by atoms with Crippen LogP contribution in [0.2, 0.25) is 5.02 Å². The third-order valence-corrected chi connectivity index (χ3v) is 9.27. The molecule has 2 aromatic rings. The molecule has 1 amide bonds. The molecule has 5 nitrogen and oxygen atoms in total. The van der Waals surface area contributed by atoms with E-state index in [0.717, 1.165) is 24.8 Å². The van der Waals surface area contributed by atoms with Gasteiger partial charge in [0.05, 0.1) is 11.8 Å². The second-order valence-electron chi connectivity index (χ2n) is 9.33. The monoisotopic (exact) mass is 506 g/mol. The summed E-state index contributed by atoms with van der Waals surface area (Å²) in [4.78, 5) is 13.0. The largest absolute Gasteiger partial charge is 0.349 e. The third-order valence-electron chi connectivity index (χ3n) is 7.11. The lowest BCUT2D eigenvalue weighted by Gasteiger charge is -2.31. The van der Waals surface area contributed by atoms with Gasteiger partial charge in [-0.1, -0.05) is 42.8 Å². The van der Waals surface area contributed by atoms with E-state index in [-0.39, 0.29) is 41.5 Å². The van der Waals surface area contributed by atoms with Crippen molar-refractivity contribution in [3.63, 3.8) is 0 Å². The Balaban J connectivity index is 1.35.